The summed E-state index contributed by atoms with van der Waals surface area (Å²) < 4.78 is 5.71. The third-order valence-corrected chi connectivity index (χ3v) is 4.04. The molecule has 1 aromatic carbocycles. The zero-order chi connectivity index (χ0) is 17.0. The number of urea groups is 1. The topological polar surface area (TPSA) is 58.6 Å². The van der Waals surface area contributed by atoms with Gasteiger partial charge in [-0.05, 0) is 44.2 Å². The lowest BCUT2D eigenvalue weighted by atomic mass is 9.91. The van der Waals surface area contributed by atoms with Crippen molar-refractivity contribution in [1.82, 2.24) is 10.2 Å². The monoisotopic (exact) mass is 318 g/mol. The lowest BCUT2D eigenvalue weighted by Gasteiger charge is -2.23. The Labute approximate surface area is 138 Å². The predicted molar refractivity (Wildman–Crippen MR) is 89.4 cm³/mol. The summed E-state index contributed by atoms with van der Waals surface area (Å²) in [4.78, 5) is 25.9. The maximum atomic E-state index is 12.5. The minimum Gasteiger partial charge on any atom is -0.493 e. The number of ether oxygens (including phenoxy) is 1. The molecule has 0 aliphatic carbocycles. The average molecular weight is 318 g/mol. The molecule has 1 atom stereocenters. The molecule has 1 heterocycles. The number of nitrogens with zero attached hydrogens (tertiary/aromatic N) is 1. The van der Waals surface area contributed by atoms with Crippen molar-refractivity contribution in [2.75, 3.05) is 13.2 Å². The van der Waals surface area contributed by atoms with Crippen LogP contribution < -0.4 is 10.1 Å². The molecule has 0 aromatic heterocycles. The van der Waals surface area contributed by atoms with E-state index in [9.17, 15) is 9.59 Å². The van der Waals surface area contributed by atoms with Crippen molar-refractivity contribution in [3.8, 4) is 5.75 Å². The third-order valence-electron chi connectivity index (χ3n) is 4.04. The Morgan fingerprint density at radius 3 is 2.61 bits per heavy atom. The summed E-state index contributed by atoms with van der Waals surface area (Å²) in [5, 5.41) is 2.83. The number of benzene rings is 1. The lowest BCUT2D eigenvalue weighted by molar-refractivity contribution is -0.131. The molecule has 1 unspecified atom stereocenters. The van der Waals surface area contributed by atoms with E-state index in [2.05, 4.69) is 5.32 Å². The van der Waals surface area contributed by atoms with Gasteiger partial charge in [-0.25, -0.2) is 4.79 Å². The van der Waals surface area contributed by atoms with Crippen LogP contribution in [0.2, 0.25) is 0 Å². The van der Waals surface area contributed by atoms with Crippen LogP contribution in [0.3, 0.4) is 0 Å². The smallest absolute Gasteiger partial charge is 0.325 e. The highest BCUT2D eigenvalue weighted by Gasteiger charge is 2.47. The number of amides is 3. The molecule has 23 heavy (non-hydrogen) atoms. The summed E-state index contributed by atoms with van der Waals surface area (Å²) >= 11 is 0. The van der Waals surface area contributed by atoms with Crippen molar-refractivity contribution in [3.05, 3.63) is 29.8 Å². The molecule has 1 aliphatic heterocycles. The van der Waals surface area contributed by atoms with E-state index in [0.717, 1.165) is 11.3 Å². The summed E-state index contributed by atoms with van der Waals surface area (Å²) in [7, 11) is 0. The molecule has 1 fully saturated rings. The molecular formula is C18H26N2O3. The Morgan fingerprint density at radius 2 is 1.96 bits per heavy atom. The fourth-order valence-electron chi connectivity index (χ4n) is 3.03. The Morgan fingerprint density at radius 1 is 1.26 bits per heavy atom. The fraction of sp³-hybridized carbons (Fsp3) is 0.556. The second-order valence-corrected chi connectivity index (χ2v) is 6.78. The standard InChI is InChI=1S/C18H26N2O3/c1-13(2)12-18(4)16(21)20(17(22)19-18)10-7-11-23-15-9-6-5-8-14(15)3/h5-6,8-9,13H,7,10-12H2,1-4H3,(H,19,22). The molecule has 0 saturated carbocycles. The van der Waals surface area contributed by atoms with E-state index >= 15 is 0 Å². The van der Waals surface area contributed by atoms with E-state index < -0.39 is 5.54 Å². The first-order valence-corrected chi connectivity index (χ1v) is 8.16. The molecule has 0 bridgehead atoms. The molecule has 5 nitrogen and oxygen atoms in total. The molecule has 1 aliphatic rings. The molecule has 5 heteroatoms. The molecule has 2 rings (SSSR count). The largest absolute Gasteiger partial charge is 0.493 e. The van der Waals surface area contributed by atoms with Gasteiger partial charge in [-0.1, -0.05) is 32.0 Å². The zero-order valence-electron chi connectivity index (χ0n) is 14.4. The first-order valence-electron chi connectivity index (χ1n) is 8.16. The van der Waals surface area contributed by atoms with Crippen LogP contribution in [0.1, 0.15) is 39.2 Å². The van der Waals surface area contributed by atoms with Crippen molar-refractivity contribution in [2.24, 2.45) is 5.92 Å². The highest BCUT2D eigenvalue weighted by molar-refractivity contribution is 6.06. The van der Waals surface area contributed by atoms with E-state index in [-0.39, 0.29) is 11.9 Å². The van der Waals surface area contributed by atoms with E-state index in [1.165, 1.54) is 4.90 Å². The summed E-state index contributed by atoms with van der Waals surface area (Å²) in [6.07, 6.45) is 1.26. The Balaban J connectivity index is 1.85. The second-order valence-electron chi connectivity index (χ2n) is 6.78. The van der Waals surface area contributed by atoms with Crippen LogP contribution in [-0.2, 0) is 4.79 Å². The fourth-order valence-corrected chi connectivity index (χ4v) is 3.03. The predicted octanol–water partition coefficient (Wildman–Crippen LogP) is 3.12. The molecular weight excluding hydrogens is 292 g/mol. The molecule has 3 amide bonds. The van der Waals surface area contributed by atoms with Crippen molar-refractivity contribution in [2.45, 2.75) is 46.1 Å². The number of rotatable bonds is 7. The number of aryl methyl sites for hydroxylation is 1. The molecule has 1 saturated heterocycles. The van der Waals surface area contributed by atoms with Crippen LogP contribution in [0.5, 0.6) is 5.75 Å². The minimum absolute atomic E-state index is 0.132. The van der Waals surface area contributed by atoms with Gasteiger partial charge in [0.2, 0.25) is 0 Å². The van der Waals surface area contributed by atoms with Gasteiger partial charge in [0, 0.05) is 6.54 Å². The van der Waals surface area contributed by atoms with E-state index in [0.29, 0.717) is 31.9 Å². The van der Waals surface area contributed by atoms with Crippen LogP contribution in [0.15, 0.2) is 24.3 Å². The second kappa shape index (κ2) is 7.02. The van der Waals surface area contributed by atoms with Crippen LogP contribution in [0, 0.1) is 12.8 Å². The first kappa shape index (κ1) is 17.3. The van der Waals surface area contributed by atoms with Crippen molar-refractivity contribution < 1.29 is 14.3 Å². The van der Waals surface area contributed by atoms with Gasteiger partial charge in [0.1, 0.15) is 11.3 Å². The average Bonchev–Trinajstić information content (AvgIpc) is 2.66. The molecule has 1 N–H and O–H groups in total. The van der Waals surface area contributed by atoms with Crippen molar-refractivity contribution in [1.29, 1.82) is 0 Å². The van der Waals surface area contributed by atoms with Gasteiger partial charge in [-0.2, -0.15) is 0 Å². The Kier molecular flexibility index (Phi) is 5.29. The SMILES string of the molecule is Cc1ccccc1OCCCN1C(=O)NC(C)(CC(C)C)C1=O. The van der Waals surface area contributed by atoms with Crippen LogP contribution in [0.25, 0.3) is 0 Å². The number of hydrogen-bond donors (Lipinski definition) is 1. The number of carbonyl (C=O) groups excluding carboxylic acids is 2. The van der Waals surface area contributed by atoms with Crippen molar-refractivity contribution in [3.63, 3.8) is 0 Å². The minimum atomic E-state index is -0.776. The van der Waals surface area contributed by atoms with Crippen LogP contribution in [0.4, 0.5) is 4.79 Å². The van der Waals surface area contributed by atoms with Gasteiger partial charge in [-0.15, -0.1) is 0 Å². The number of hydrogen-bond acceptors (Lipinski definition) is 3. The van der Waals surface area contributed by atoms with Gasteiger partial charge >= 0.3 is 6.03 Å². The number of carbonyl (C=O) groups is 2. The highest BCUT2D eigenvalue weighted by atomic mass is 16.5. The maximum absolute atomic E-state index is 12.5. The maximum Gasteiger partial charge on any atom is 0.325 e. The molecule has 126 valence electrons. The normalized spacial score (nSPS) is 21.0. The number of nitrogens with one attached hydrogen (secondary N) is 1. The summed E-state index contributed by atoms with van der Waals surface area (Å²) in [5.41, 5.74) is 0.300. The van der Waals surface area contributed by atoms with Gasteiger partial charge in [0.25, 0.3) is 5.91 Å². The Hall–Kier alpha value is -2.04. The van der Waals surface area contributed by atoms with Crippen LogP contribution >= 0.6 is 0 Å². The summed E-state index contributed by atoms with van der Waals surface area (Å²) in [5.74, 6) is 1.05. The quantitative estimate of drug-likeness (QED) is 0.621. The lowest BCUT2D eigenvalue weighted by Crippen LogP contribution is -2.45. The molecule has 0 radical (unpaired) electrons. The zero-order valence-corrected chi connectivity index (χ0v) is 14.4. The van der Waals surface area contributed by atoms with Crippen LogP contribution in [-0.4, -0.2) is 35.5 Å². The molecule has 1 aromatic rings. The van der Waals surface area contributed by atoms with E-state index in [1.54, 1.807) is 6.92 Å². The van der Waals surface area contributed by atoms with Crippen molar-refractivity contribution >= 4 is 11.9 Å². The molecule has 0 spiro atoms. The third kappa shape index (κ3) is 4.03. The summed E-state index contributed by atoms with van der Waals surface area (Å²) in [6, 6.07) is 7.50. The first-order chi connectivity index (χ1) is 10.8. The summed E-state index contributed by atoms with van der Waals surface area (Å²) in [6.45, 7) is 8.74. The van der Waals surface area contributed by atoms with E-state index in [1.807, 2.05) is 45.0 Å². The van der Waals surface area contributed by atoms with Gasteiger partial charge in [0.05, 0.1) is 6.61 Å². The van der Waals surface area contributed by atoms with Gasteiger partial charge < -0.3 is 10.1 Å². The number of para-hydroxylation sites is 1. The van der Waals surface area contributed by atoms with Gasteiger partial charge in [-0.3, -0.25) is 9.69 Å². The number of imide groups is 1. The van der Waals surface area contributed by atoms with E-state index in [4.69, 9.17) is 4.74 Å². The Bertz CT molecular complexity index is 585. The van der Waals surface area contributed by atoms with Gasteiger partial charge in [0.15, 0.2) is 0 Å². The highest BCUT2D eigenvalue weighted by Crippen LogP contribution is 2.25.